The number of aryl methyl sites for hydroxylation is 3. The molecule has 23 heavy (non-hydrogen) atoms. The highest BCUT2D eigenvalue weighted by atomic mass is 32.1. The fraction of sp³-hybridized carbons (Fsp3) is 0.421. The molecule has 4 heteroatoms. The van der Waals surface area contributed by atoms with Crippen molar-refractivity contribution in [2.75, 3.05) is 11.9 Å². The van der Waals surface area contributed by atoms with Crippen molar-refractivity contribution in [1.82, 2.24) is 4.90 Å². The molecule has 0 aliphatic rings. The molecule has 0 bridgehead atoms. The highest BCUT2D eigenvalue weighted by Crippen LogP contribution is 2.23. The van der Waals surface area contributed by atoms with Crippen LogP contribution < -0.4 is 5.32 Å². The standard InChI is InChI=1S/C19H26N2OS/c1-6-21(12-17-8-7-9-23-17)16(5)19(22)20-18-14(3)10-13(2)11-15(18)4/h7-11,16H,6,12H2,1-5H3,(H,20,22)/t16-/m0/s1. The molecule has 1 amide bonds. The Morgan fingerprint density at radius 3 is 2.43 bits per heavy atom. The molecule has 2 aromatic rings. The third kappa shape index (κ3) is 4.43. The monoisotopic (exact) mass is 330 g/mol. The number of hydrogen-bond donors (Lipinski definition) is 1. The SMILES string of the molecule is CCN(Cc1cccs1)[C@@H](C)C(=O)Nc1c(C)cc(C)cc1C. The molecule has 124 valence electrons. The summed E-state index contributed by atoms with van der Waals surface area (Å²) in [7, 11) is 0. The van der Waals surface area contributed by atoms with Crippen LogP contribution in [-0.2, 0) is 11.3 Å². The Morgan fingerprint density at radius 1 is 1.26 bits per heavy atom. The molecular formula is C19H26N2OS. The van der Waals surface area contributed by atoms with Crippen molar-refractivity contribution < 1.29 is 4.79 Å². The van der Waals surface area contributed by atoms with Crippen LogP contribution in [0.1, 0.15) is 35.4 Å². The maximum absolute atomic E-state index is 12.7. The number of thiophene rings is 1. The van der Waals surface area contributed by atoms with Gasteiger partial charge >= 0.3 is 0 Å². The first-order valence-corrected chi connectivity index (χ1v) is 8.95. The first kappa shape index (κ1) is 17.7. The van der Waals surface area contributed by atoms with E-state index < -0.39 is 0 Å². The van der Waals surface area contributed by atoms with Crippen LogP contribution in [0.25, 0.3) is 0 Å². The Bertz CT molecular complexity index is 641. The van der Waals surface area contributed by atoms with E-state index in [2.05, 4.69) is 53.7 Å². The van der Waals surface area contributed by atoms with Gasteiger partial charge in [0.1, 0.15) is 0 Å². The van der Waals surface area contributed by atoms with Gasteiger partial charge in [-0.25, -0.2) is 0 Å². The van der Waals surface area contributed by atoms with Crippen molar-refractivity contribution in [2.45, 2.75) is 47.2 Å². The third-order valence-electron chi connectivity index (χ3n) is 4.20. The molecule has 0 unspecified atom stereocenters. The van der Waals surface area contributed by atoms with Crippen LogP contribution in [0.3, 0.4) is 0 Å². The van der Waals surface area contributed by atoms with Gasteiger partial charge in [-0.2, -0.15) is 0 Å². The van der Waals surface area contributed by atoms with Crippen LogP contribution in [0, 0.1) is 20.8 Å². The second-order valence-corrected chi connectivity index (χ2v) is 7.11. The van der Waals surface area contributed by atoms with Crippen molar-refractivity contribution in [2.24, 2.45) is 0 Å². The number of nitrogens with zero attached hydrogens (tertiary/aromatic N) is 1. The molecule has 0 saturated carbocycles. The number of amides is 1. The summed E-state index contributed by atoms with van der Waals surface area (Å²) in [4.78, 5) is 16.2. The summed E-state index contributed by atoms with van der Waals surface area (Å²) >= 11 is 1.73. The molecule has 1 heterocycles. The molecule has 0 aliphatic heterocycles. The fourth-order valence-corrected chi connectivity index (χ4v) is 3.63. The molecular weight excluding hydrogens is 304 g/mol. The summed E-state index contributed by atoms with van der Waals surface area (Å²) in [5.41, 5.74) is 4.40. The van der Waals surface area contributed by atoms with E-state index >= 15 is 0 Å². The summed E-state index contributed by atoms with van der Waals surface area (Å²) in [6.45, 7) is 11.9. The van der Waals surface area contributed by atoms with Gasteiger partial charge < -0.3 is 5.32 Å². The Morgan fingerprint density at radius 2 is 1.91 bits per heavy atom. The molecule has 0 aliphatic carbocycles. The maximum Gasteiger partial charge on any atom is 0.241 e. The summed E-state index contributed by atoms with van der Waals surface area (Å²) in [6, 6.07) is 8.22. The maximum atomic E-state index is 12.7. The van der Waals surface area contributed by atoms with Gasteiger partial charge in [-0.1, -0.05) is 30.7 Å². The van der Waals surface area contributed by atoms with Crippen molar-refractivity contribution >= 4 is 22.9 Å². The van der Waals surface area contributed by atoms with Crippen LogP contribution in [0.15, 0.2) is 29.6 Å². The number of hydrogen-bond acceptors (Lipinski definition) is 3. The summed E-state index contributed by atoms with van der Waals surface area (Å²) < 4.78 is 0. The second kappa shape index (κ2) is 7.75. The van der Waals surface area contributed by atoms with Gasteiger partial charge in [-0.3, -0.25) is 9.69 Å². The van der Waals surface area contributed by atoms with E-state index in [4.69, 9.17) is 0 Å². The van der Waals surface area contributed by atoms with E-state index in [9.17, 15) is 4.79 Å². The molecule has 1 aromatic carbocycles. The van der Waals surface area contributed by atoms with Crippen LogP contribution in [0.4, 0.5) is 5.69 Å². The van der Waals surface area contributed by atoms with E-state index in [0.29, 0.717) is 0 Å². The highest BCUT2D eigenvalue weighted by molar-refractivity contribution is 7.09. The molecule has 2 rings (SSSR count). The zero-order valence-corrected chi connectivity index (χ0v) is 15.5. The van der Waals surface area contributed by atoms with E-state index in [-0.39, 0.29) is 11.9 Å². The van der Waals surface area contributed by atoms with E-state index in [0.717, 1.165) is 29.9 Å². The molecule has 3 nitrogen and oxygen atoms in total. The molecule has 0 radical (unpaired) electrons. The molecule has 1 aromatic heterocycles. The second-order valence-electron chi connectivity index (χ2n) is 6.08. The van der Waals surface area contributed by atoms with Gasteiger partial charge in [-0.05, 0) is 56.8 Å². The molecule has 1 atom stereocenters. The smallest absolute Gasteiger partial charge is 0.241 e. The lowest BCUT2D eigenvalue weighted by atomic mass is 10.0. The van der Waals surface area contributed by atoms with E-state index in [1.54, 1.807) is 11.3 Å². The summed E-state index contributed by atoms with van der Waals surface area (Å²) in [5, 5.41) is 5.20. The predicted octanol–water partition coefficient (Wildman–Crippen LogP) is 4.52. The normalized spacial score (nSPS) is 12.4. The van der Waals surface area contributed by atoms with Gasteiger partial charge in [0.25, 0.3) is 0 Å². The number of benzene rings is 1. The Labute approximate surface area is 143 Å². The van der Waals surface area contributed by atoms with E-state index in [1.165, 1.54) is 10.4 Å². The zero-order chi connectivity index (χ0) is 17.0. The van der Waals surface area contributed by atoms with Crippen LogP contribution in [-0.4, -0.2) is 23.4 Å². The topological polar surface area (TPSA) is 32.3 Å². The van der Waals surface area contributed by atoms with Crippen LogP contribution in [0.2, 0.25) is 0 Å². The fourth-order valence-electron chi connectivity index (χ4n) is 2.90. The lowest BCUT2D eigenvalue weighted by Gasteiger charge is -2.27. The Kier molecular flexibility index (Phi) is 5.97. The van der Waals surface area contributed by atoms with Gasteiger partial charge in [-0.15, -0.1) is 11.3 Å². The first-order valence-electron chi connectivity index (χ1n) is 8.07. The summed E-state index contributed by atoms with van der Waals surface area (Å²) in [6.07, 6.45) is 0. The minimum atomic E-state index is -0.165. The number of carbonyl (C=O) groups is 1. The average Bonchev–Trinajstić information content (AvgIpc) is 3.00. The number of anilines is 1. The largest absolute Gasteiger partial charge is 0.324 e. The Hall–Kier alpha value is -1.65. The van der Waals surface area contributed by atoms with Crippen molar-refractivity contribution in [3.05, 3.63) is 51.2 Å². The molecule has 0 fully saturated rings. The first-order chi connectivity index (χ1) is 10.9. The number of likely N-dealkylation sites (N-methyl/N-ethyl adjacent to an activating group) is 1. The lowest BCUT2D eigenvalue weighted by Crippen LogP contribution is -2.41. The molecule has 0 spiro atoms. The predicted molar refractivity (Wildman–Crippen MR) is 99.1 cm³/mol. The van der Waals surface area contributed by atoms with Crippen LogP contribution >= 0.6 is 11.3 Å². The minimum Gasteiger partial charge on any atom is -0.324 e. The Balaban J connectivity index is 2.10. The third-order valence-corrected chi connectivity index (χ3v) is 5.06. The summed E-state index contributed by atoms with van der Waals surface area (Å²) in [5.74, 6) is 0.0541. The number of nitrogens with one attached hydrogen (secondary N) is 1. The highest BCUT2D eigenvalue weighted by Gasteiger charge is 2.21. The van der Waals surface area contributed by atoms with Gasteiger partial charge in [0.15, 0.2) is 0 Å². The number of carbonyl (C=O) groups excluding carboxylic acids is 1. The lowest BCUT2D eigenvalue weighted by molar-refractivity contribution is -0.120. The van der Waals surface area contributed by atoms with Gasteiger partial charge in [0.2, 0.25) is 5.91 Å². The van der Waals surface area contributed by atoms with Crippen molar-refractivity contribution in [1.29, 1.82) is 0 Å². The van der Waals surface area contributed by atoms with Crippen molar-refractivity contribution in [3.8, 4) is 0 Å². The van der Waals surface area contributed by atoms with E-state index in [1.807, 2.05) is 20.8 Å². The van der Waals surface area contributed by atoms with Crippen molar-refractivity contribution in [3.63, 3.8) is 0 Å². The molecule has 0 saturated heterocycles. The van der Waals surface area contributed by atoms with Gasteiger partial charge in [0.05, 0.1) is 6.04 Å². The minimum absolute atomic E-state index is 0.0541. The molecule has 1 N–H and O–H groups in total. The van der Waals surface area contributed by atoms with Crippen LogP contribution in [0.5, 0.6) is 0 Å². The average molecular weight is 330 g/mol. The quantitative estimate of drug-likeness (QED) is 0.844. The van der Waals surface area contributed by atoms with Gasteiger partial charge in [0, 0.05) is 17.1 Å². The zero-order valence-electron chi connectivity index (χ0n) is 14.6. The number of rotatable bonds is 6.